The summed E-state index contributed by atoms with van der Waals surface area (Å²) in [5.74, 6) is 1.46. The Kier molecular flexibility index (Phi) is 4.46. The molecule has 0 unspecified atom stereocenters. The Bertz CT molecular complexity index is 1030. The molecule has 0 spiro atoms. The summed E-state index contributed by atoms with van der Waals surface area (Å²) in [6, 6.07) is 5.42. The first-order valence-electron chi connectivity index (χ1n) is 9.84. The monoisotopic (exact) mass is 392 g/mol. The molecule has 1 aliphatic carbocycles. The lowest BCUT2D eigenvalue weighted by molar-refractivity contribution is 0.378. The quantitative estimate of drug-likeness (QED) is 0.704. The van der Waals surface area contributed by atoms with Gasteiger partial charge in [0.1, 0.15) is 18.0 Å². The third-order valence-electron chi connectivity index (χ3n) is 5.63. The summed E-state index contributed by atoms with van der Waals surface area (Å²) in [6.45, 7) is 1.92. The molecule has 1 saturated carbocycles. The van der Waals surface area contributed by atoms with Gasteiger partial charge in [0.25, 0.3) is 0 Å². The Hall–Kier alpha value is -3.29. The highest BCUT2D eigenvalue weighted by Crippen LogP contribution is 2.45. The average molecular weight is 392 g/mol. The third-order valence-corrected chi connectivity index (χ3v) is 5.63. The van der Waals surface area contributed by atoms with E-state index in [1.165, 1.54) is 18.7 Å². The second-order valence-corrected chi connectivity index (χ2v) is 7.46. The Morgan fingerprint density at radius 2 is 1.90 bits per heavy atom. The fraction of sp³-hybridized carbons (Fsp3) is 0.333. The molecule has 148 valence electrons. The van der Waals surface area contributed by atoms with E-state index in [2.05, 4.69) is 24.8 Å². The van der Waals surface area contributed by atoms with Crippen LogP contribution in [0.1, 0.15) is 37.2 Å². The van der Waals surface area contributed by atoms with Gasteiger partial charge in [0.2, 0.25) is 5.88 Å². The van der Waals surface area contributed by atoms with Gasteiger partial charge in [-0.25, -0.2) is 19.3 Å². The predicted octanol–water partition coefficient (Wildman–Crippen LogP) is 3.92. The fourth-order valence-corrected chi connectivity index (χ4v) is 3.60. The number of benzene rings is 1. The smallest absolute Gasteiger partial charge is 0.224 e. The molecule has 1 aliphatic heterocycles. The van der Waals surface area contributed by atoms with Gasteiger partial charge < -0.3 is 15.4 Å². The van der Waals surface area contributed by atoms with Crippen LogP contribution < -0.4 is 15.4 Å². The Balaban J connectivity index is 1.54. The molecule has 2 aliphatic rings. The van der Waals surface area contributed by atoms with Crippen molar-refractivity contribution in [1.82, 2.24) is 19.9 Å². The minimum absolute atomic E-state index is 0.207. The number of nitrogens with two attached hydrogens (primary N) is 1. The van der Waals surface area contributed by atoms with Crippen LogP contribution in [0.3, 0.4) is 0 Å². The lowest BCUT2D eigenvalue weighted by Gasteiger charge is -2.32. The van der Waals surface area contributed by atoms with Crippen molar-refractivity contribution in [3.05, 3.63) is 48.3 Å². The zero-order valence-corrected chi connectivity index (χ0v) is 15.9. The van der Waals surface area contributed by atoms with E-state index in [-0.39, 0.29) is 11.6 Å². The van der Waals surface area contributed by atoms with Crippen LogP contribution in [0.2, 0.25) is 0 Å². The van der Waals surface area contributed by atoms with Crippen LogP contribution in [0.25, 0.3) is 11.3 Å². The fourth-order valence-electron chi connectivity index (χ4n) is 3.60. The summed E-state index contributed by atoms with van der Waals surface area (Å²) in [7, 11) is 0. The first-order chi connectivity index (χ1) is 14.2. The number of halogens is 1. The molecule has 0 bridgehead atoms. The zero-order chi connectivity index (χ0) is 19.8. The van der Waals surface area contributed by atoms with Gasteiger partial charge in [-0.2, -0.15) is 0 Å². The zero-order valence-electron chi connectivity index (χ0n) is 15.9. The summed E-state index contributed by atoms with van der Waals surface area (Å²) in [6.07, 6.45) is 8.68. The van der Waals surface area contributed by atoms with Crippen LogP contribution in [0, 0.1) is 5.82 Å². The van der Waals surface area contributed by atoms with Crippen molar-refractivity contribution < 1.29 is 9.13 Å². The Morgan fingerprint density at radius 1 is 1.03 bits per heavy atom. The van der Waals surface area contributed by atoms with Crippen LogP contribution in [0.5, 0.6) is 11.6 Å². The van der Waals surface area contributed by atoms with Crippen LogP contribution in [0.4, 0.5) is 16.0 Å². The number of nitrogen functional groups attached to an aromatic ring is 1. The van der Waals surface area contributed by atoms with E-state index in [0.717, 1.165) is 50.2 Å². The van der Waals surface area contributed by atoms with Crippen molar-refractivity contribution in [3.63, 3.8) is 0 Å². The highest BCUT2D eigenvalue weighted by Gasteiger charge is 2.28. The minimum Gasteiger partial charge on any atom is -0.435 e. The molecule has 0 radical (unpaired) electrons. The standard InChI is InChI=1S/C21H21FN6O/c22-20-15(16-10-25-17(23)11-24-16)6-5-14(13-3-1-4-13)21(20)29-19-9-18(26-12-27-19)28-7-2-8-28/h5-6,9-13H,1-4,7-8H2,(H2,23,25). The summed E-state index contributed by atoms with van der Waals surface area (Å²) >= 11 is 0. The van der Waals surface area contributed by atoms with E-state index in [4.69, 9.17) is 10.5 Å². The summed E-state index contributed by atoms with van der Waals surface area (Å²) in [4.78, 5) is 18.9. The molecule has 0 atom stereocenters. The molecule has 0 amide bonds. The lowest BCUT2D eigenvalue weighted by Crippen LogP contribution is -2.37. The van der Waals surface area contributed by atoms with Crippen LogP contribution >= 0.6 is 0 Å². The first kappa shape index (κ1) is 17.8. The van der Waals surface area contributed by atoms with E-state index in [9.17, 15) is 0 Å². The molecule has 3 heterocycles. The van der Waals surface area contributed by atoms with Gasteiger partial charge in [-0.1, -0.05) is 12.5 Å². The topological polar surface area (TPSA) is 90.1 Å². The maximum atomic E-state index is 15.6. The summed E-state index contributed by atoms with van der Waals surface area (Å²) in [5, 5.41) is 0. The molecule has 29 heavy (non-hydrogen) atoms. The number of nitrogens with zero attached hydrogens (tertiary/aromatic N) is 5. The predicted molar refractivity (Wildman–Crippen MR) is 107 cm³/mol. The van der Waals surface area contributed by atoms with Gasteiger partial charge in [-0.3, -0.25) is 4.98 Å². The second kappa shape index (κ2) is 7.27. The average Bonchev–Trinajstić information content (AvgIpc) is 2.63. The van der Waals surface area contributed by atoms with Gasteiger partial charge in [0.05, 0.1) is 18.1 Å². The molecule has 3 aromatic rings. The summed E-state index contributed by atoms with van der Waals surface area (Å²) in [5.41, 5.74) is 7.21. The molecule has 7 nitrogen and oxygen atoms in total. The highest BCUT2D eigenvalue weighted by molar-refractivity contribution is 5.64. The van der Waals surface area contributed by atoms with Gasteiger partial charge >= 0.3 is 0 Å². The van der Waals surface area contributed by atoms with Gasteiger partial charge in [0.15, 0.2) is 11.6 Å². The van der Waals surface area contributed by atoms with E-state index in [0.29, 0.717) is 23.1 Å². The first-order valence-corrected chi connectivity index (χ1v) is 9.84. The van der Waals surface area contributed by atoms with E-state index in [1.54, 1.807) is 12.1 Å². The van der Waals surface area contributed by atoms with Crippen molar-refractivity contribution in [2.75, 3.05) is 23.7 Å². The molecule has 2 fully saturated rings. The second-order valence-electron chi connectivity index (χ2n) is 7.46. The lowest BCUT2D eigenvalue weighted by atomic mass is 9.79. The van der Waals surface area contributed by atoms with Crippen molar-refractivity contribution >= 4 is 11.6 Å². The van der Waals surface area contributed by atoms with Crippen molar-refractivity contribution in [1.29, 1.82) is 0 Å². The van der Waals surface area contributed by atoms with E-state index in [1.807, 2.05) is 6.07 Å². The maximum absolute atomic E-state index is 15.6. The normalized spacial score (nSPS) is 16.2. The SMILES string of the molecule is Nc1cnc(-c2ccc(C3CCC3)c(Oc3cc(N4CCC4)ncn3)c2F)cn1. The molecule has 5 rings (SSSR count). The van der Waals surface area contributed by atoms with Crippen LogP contribution in [-0.2, 0) is 0 Å². The summed E-state index contributed by atoms with van der Waals surface area (Å²) < 4.78 is 21.6. The molecule has 2 N–H and O–H groups in total. The van der Waals surface area contributed by atoms with Gasteiger partial charge in [-0.05, 0) is 31.2 Å². The molecule has 2 aromatic heterocycles. The van der Waals surface area contributed by atoms with Gasteiger partial charge in [-0.15, -0.1) is 0 Å². The number of anilines is 2. The highest BCUT2D eigenvalue weighted by atomic mass is 19.1. The van der Waals surface area contributed by atoms with Crippen LogP contribution in [0.15, 0.2) is 36.9 Å². The number of hydrogen-bond donors (Lipinski definition) is 1. The van der Waals surface area contributed by atoms with Crippen molar-refractivity contribution in [2.24, 2.45) is 0 Å². The molecule has 1 saturated heterocycles. The number of ether oxygens (including phenoxy) is 1. The Labute approximate surface area is 167 Å². The molecule has 8 heteroatoms. The van der Waals surface area contributed by atoms with E-state index < -0.39 is 5.82 Å². The van der Waals surface area contributed by atoms with Crippen molar-refractivity contribution in [2.45, 2.75) is 31.6 Å². The third kappa shape index (κ3) is 3.35. The maximum Gasteiger partial charge on any atom is 0.224 e. The van der Waals surface area contributed by atoms with Crippen molar-refractivity contribution in [3.8, 4) is 22.9 Å². The van der Waals surface area contributed by atoms with Crippen LogP contribution in [-0.4, -0.2) is 33.0 Å². The number of rotatable bonds is 5. The molecular formula is C21H21FN6O. The minimum atomic E-state index is -0.461. The number of hydrogen-bond acceptors (Lipinski definition) is 7. The molecule has 1 aromatic carbocycles. The molecular weight excluding hydrogens is 371 g/mol. The largest absolute Gasteiger partial charge is 0.435 e. The number of aromatic nitrogens is 4. The van der Waals surface area contributed by atoms with Gasteiger partial charge in [0, 0.05) is 30.3 Å². The Morgan fingerprint density at radius 3 is 2.55 bits per heavy atom. The van der Waals surface area contributed by atoms with E-state index >= 15 is 4.39 Å².